The first-order valence-corrected chi connectivity index (χ1v) is 11.4. The summed E-state index contributed by atoms with van der Waals surface area (Å²) < 4.78 is 2.00. The number of rotatable bonds is 6. The second-order valence-corrected chi connectivity index (χ2v) is 9.13. The summed E-state index contributed by atoms with van der Waals surface area (Å²) in [5, 5.41) is 1.49. The molecule has 2 N–H and O–H groups in total. The standard InChI is InChI=1S/C25H26N4O2S/c1-28(2)12-13-32-19-10-8-17(9-11-19)14-21-24(30)27-22(25(31)26-21)15-18-16-29(3)23-7-5-4-6-20(18)23/h4-11,14-16H,12-13H2,1-3H3,(H,26,31)(H,27,30)/b21-14-,22-15-. The normalized spacial score (nSPS) is 12.9. The smallest absolute Gasteiger partial charge is 0.272 e. The van der Waals surface area contributed by atoms with Crippen molar-refractivity contribution >= 4 is 34.8 Å². The first-order chi connectivity index (χ1) is 15.4. The third-order valence-electron chi connectivity index (χ3n) is 5.21. The average Bonchev–Trinajstić information content (AvgIpc) is 3.08. The van der Waals surface area contributed by atoms with Gasteiger partial charge in [0.1, 0.15) is 10.7 Å². The number of aryl methyl sites for hydroxylation is 1. The molecule has 164 valence electrons. The molecule has 0 radical (unpaired) electrons. The van der Waals surface area contributed by atoms with Crippen molar-refractivity contribution in [2.24, 2.45) is 7.05 Å². The van der Waals surface area contributed by atoms with Gasteiger partial charge in [0.15, 0.2) is 0 Å². The Morgan fingerprint density at radius 1 is 0.938 bits per heavy atom. The van der Waals surface area contributed by atoms with Crippen LogP contribution < -0.4 is 21.8 Å². The van der Waals surface area contributed by atoms with Crippen molar-refractivity contribution in [3.8, 4) is 0 Å². The lowest BCUT2D eigenvalue weighted by molar-refractivity contribution is 0.437. The van der Waals surface area contributed by atoms with Crippen LogP contribution in [0.25, 0.3) is 23.1 Å². The number of thioether (sulfide) groups is 1. The zero-order chi connectivity index (χ0) is 22.7. The fourth-order valence-corrected chi connectivity index (χ4v) is 4.53. The van der Waals surface area contributed by atoms with Crippen LogP contribution in [-0.4, -0.2) is 45.8 Å². The summed E-state index contributed by atoms with van der Waals surface area (Å²) in [5.41, 5.74) is 2.13. The topological polar surface area (TPSA) is 73.9 Å². The van der Waals surface area contributed by atoms with Crippen LogP contribution >= 0.6 is 11.8 Å². The largest absolute Gasteiger partial charge is 0.350 e. The van der Waals surface area contributed by atoms with Crippen LogP contribution in [0.2, 0.25) is 0 Å². The minimum absolute atomic E-state index is 0.233. The predicted octanol–water partition coefficient (Wildman–Crippen LogP) is 1.87. The molecule has 2 heterocycles. The van der Waals surface area contributed by atoms with E-state index in [0.717, 1.165) is 34.3 Å². The van der Waals surface area contributed by atoms with Crippen molar-refractivity contribution in [3.05, 3.63) is 97.3 Å². The van der Waals surface area contributed by atoms with Gasteiger partial charge < -0.3 is 19.4 Å². The molecule has 0 spiro atoms. The molecule has 0 saturated carbocycles. The Bertz CT molecular complexity index is 1480. The molecule has 32 heavy (non-hydrogen) atoms. The van der Waals surface area contributed by atoms with E-state index in [2.05, 4.69) is 29.0 Å². The molecule has 0 saturated heterocycles. The number of nitrogens with zero attached hydrogens (tertiary/aromatic N) is 2. The van der Waals surface area contributed by atoms with E-state index in [1.807, 2.05) is 66.3 Å². The number of para-hydroxylation sites is 1. The van der Waals surface area contributed by atoms with Gasteiger partial charge in [0.25, 0.3) is 11.1 Å². The van der Waals surface area contributed by atoms with Gasteiger partial charge in [0.05, 0.1) is 0 Å². The van der Waals surface area contributed by atoms with Gasteiger partial charge >= 0.3 is 0 Å². The van der Waals surface area contributed by atoms with Gasteiger partial charge in [0.2, 0.25) is 0 Å². The van der Waals surface area contributed by atoms with E-state index in [-0.39, 0.29) is 21.8 Å². The second-order valence-electron chi connectivity index (χ2n) is 7.96. The van der Waals surface area contributed by atoms with Crippen LogP contribution in [0.5, 0.6) is 0 Å². The Labute approximate surface area is 189 Å². The van der Waals surface area contributed by atoms with Crippen molar-refractivity contribution in [3.63, 3.8) is 0 Å². The number of fused-ring (bicyclic) bond motifs is 1. The van der Waals surface area contributed by atoms with Crippen molar-refractivity contribution < 1.29 is 0 Å². The van der Waals surface area contributed by atoms with Gasteiger partial charge in [-0.15, -0.1) is 11.8 Å². The molecule has 0 unspecified atom stereocenters. The van der Waals surface area contributed by atoms with E-state index in [1.165, 1.54) is 4.90 Å². The average molecular weight is 447 g/mol. The highest BCUT2D eigenvalue weighted by atomic mass is 32.2. The zero-order valence-corrected chi connectivity index (χ0v) is 19.2. The van der Waals surface area contributed by atoms with Crippen molar-refractivity contribution in [2.45, 2.75) is 4.90 Å². The zero-order valence-electron chi connectivity index (χ0n) is 18.4. The molecule has 0 fully saturated rings. The van der Waals surface area contributed by atoms with Gasteiger partial charge in [-0.2, -0.15) is 0 Å². The Hall–Kier alpha value is -3.29. The third kappa shape index (κ3) is 4.95. The summed E-state index contributed by atoms with van der Waals surface area (Å²) in [4.78, 5) is 34.1. The minimum Gasteiger partial charge on any atom is -0.350 e. The number of hydrogen-bond donors (Lipinski definition) is 2. The van der Waals surface area contributed by atoms with E-state index in [9.17, 15) is 9.59 Å². The molecule has 2 aromatic heterocycles. The van der Waals surface area contributed by atoms with Crippen molar-refractivity contribution in [1.82, 2.24) is 19.4 Å². The van der Waals surface area contributed by atoms with Crippen LogP contribution in [-0.2, 0) is 7.05 Å². The molecule has 6 nitrogen and oxygen atoms in total. The summed E-state index contributed by atoms with van der Waals surface area (Å²) in [5.74, 6) is 1.01. The quantitative estimate of drug-likeness (QED) is 0.444. The van der Waals surface area contributed by atoms with E-state index in [4.69, 9.17) is 0 Å². The Morgan fingerprint density at radius 3 is 2.28 bits per heavy atom. The van der Waals surface area contributed by atoms with E-state index >= 15 is 0 Å². The van der Waals surface area contributed by atoms with Crippen LogP contribution in [0.4, 0.5) is 0 Å². The number of H-pyrrole nitrogens is 2. The second kappa shape index (κ2) is 9.46. The maximum atomic E-state index is 12.7. The lowest BCUT2D eigenvalue weighted by atomic mass is 10.1. The Morgan fingerprint density at radius 2 is 1.59 bits per heavy atom. The molecule has 7 heteroatoms. The van der Waals surface area contributed by atoms with Gasteiger partial charge in [-0.25, -0.2) is 0 Å². The first-order valence-electron chi connectivity index (χ1n) is 10.4. The maximum absolute atomic E-state index is 12.7. The number of benzene rings is 2. The highest BCUT2D eigenvalue weighted by Crippen LogP contribution is 2.20. The lowest BCUT2D eigenvalue weighted by Gasteiger charge is -2.08. The third-order valence-corrected chi connectivity index (χ3v) is 6.20. The van der Waals surface area contributed by atoms with E-state index in [1.54, 1.807) is 23.9 Å². The monoisotopic (exact) mass is 446 g/mol. The minimum atomic E-state index is -0.334. The molecule has 4 aromatic rings. The van der Waals surface area contributed by atoms with Crippen LogP contribution in [0.1, 0.15) is 11.1 Å². The SMILES string of the molecule is CN(C)CCSc1ccc(/C=c2\[nH]c(=O)/c(=C/c3cn(C)c4ccccc34)[nH]c2=O)cc1. The molecule has 0 aliphatic rings. The molecule has 2 aromatic carbocycles. The molecule has 0 amide bonds. The van der Waals surface area contributed by atoms with Crippen molar-refractivity contribution in [1.29, 1.82) is 0 Å². The Balaban J connectivity index is 1.64. The fourth-order valence-electron chi connectivity index (χ4n) is 3.51. The van der Waals surface area contributed by atoms with Gasteiger partial charge in [-0.3, -0.25) is 9.59 Å². The maximum Gasteiger partial charge on any atom is 0.272 e. The molecular weight excluding hydrogens is 420 g/mol. The number of aromatic amines is 2. The molecule has 0 bridgehead atoms. The lowest BCUT2D eigenvalue weighted by Crippen LogP contribution is -2.46. The van der Waals surface area contributed by atoms with E-state index < -0.39 is 0 Å². The highest BCUT2D eigenvalue weighted by Gasteiger charge is 2.04. The summed E-state index contributed by atoms with van der Waals surface area (Å²) >= 11 is 1.79. The molecule has 4 rings (SSSR count). The molecular formula is C25H26N4O2S. The first kappa shape index (κ1) is 21.9. The fraction of sp³-hybridized carbons (Fsp3) is 0.200. The van der Waals surface area contributed by atoms with Crippen molar-refractivity contribution in [2.75, 3.05) is 26.4 Å². The number of hydrogen-bond acceptors (Lipinski definition) is 4. The summed E-state index contributed by atoms with van der Waals surface area (Å²) in [6.45, 7) is 1.01. The Kier molecular flexibility index (Phi) is 6.48. The van der Waals surface area contributed by atoms with Crippen LogP contribution in [0.15, 0.2) is 69.2 Å². The van der Waals surface area contributed by atoms with E-state index in [0.29, 0.717) is 0 Å². The summed E-state index contributed by atoms with van der Waals surface area (Å²) in [6, 6.07) is 15.9. The van der Waals surface area contributed by atoms with Gasteiger partial charge in [-0.1, -0.05) is 30.3 Å². The van der Waals surface area contributed by atoms with Crippen LogP contribution in [0.3, 0.4) is 0 Å². The van der Waals surface area contributed by atoms with Gasteiger partial charge in [0, 0.05) is 46.9 Å². The summed E-state index contributed by atoms with van der Waals surface area (Å²) in [7, 11) is 6.07. The van der Waals surface area contributed by atoms with Crippen LogP contribution in [0, 0.1) is 0 Å². The number of aromatic nitrogens is 3. The van der Waals surface area contributed by atoms with Gasteiger partial charge in [-0.05, 0) is 50.0 Å². The molecule has 0 aliphatic carbocycles. The molecule has 0 aliphatic heterocycles. The number of nitrogens with one attached hydrogen (secondary N) is 2. The molecule has 0 atom stereocenters. The highest BCUT2D eigenvalue weighted by molar-refractivity contribution is 7.99. The summed E-state index contributed by atoms with van der Waals surface area (Å²) in [6.07, 6.45) is 5.35. The predicted molar refractivity (Wildman–Crippen MR) is 133 cm³/mol.